The highest BCUT2D eigenvalue weighted by Crippen LogP contribution is 2.26. The number of carbonyl (C=O) groups is 2. The maximum absolute atomic E-state index is 12.6. The van der Waals surface area contributed by atoms with Gasteiger partial charge in [-0.1, -0.05) is 95.2 Å². The molecule has 7 heteroatoms. The highest BCUT2D eigenvalue weighted by atomic mass is 35.5. The van der Waals surface area contributed by atoms with Crippen LogP contribution in [0.25, 0.3) is 0 Å². The zero-order chi connectivity index (χ0) is 27.6. The molecule has 2 amide bonds. The van der Waals surface area contributed by atoms with Gasteiger partial charge in [-0.25, -0.2) is 14.3 Å². The molecule has 0 aliphatic rings. The minimum atomic E-state index is -0.688. The largest absolute Gasteiger partial charge is 0.492 e. The lowest BCUT2D eigenvalue weighted by molar-refractivity contribution is -0.672. The molecule has 0 saturated carbocycles. The Morgan fingerprint density at radius 2 is 1.53 bits per heavy atom. The Hall–Kier alpha value is -2.60. The lowest BCUT2D eigenvalue weighted by Crippen LogP contribution is -2.36. The summed E-state index contributed by atoms with van der Waals surface area (Å²) in [5.74, 6) is 0.258. The molecule has 0 unspecified atom stereocenters. The summed E-state index contributed by atoms with van der Waals surface area (Å²) in [7, 11) is 1.88. The fraction of sp³-hybridized carbons (Fsp3) is 0.581. The summed E-state index contributed by atoms with van der Waals surface area (Å²) in [5.41, 5.74) is 1.57. The first-order valence-corrected chi connectivity index (χ1v) is 14.6. The van der Waals surface area contributed by atoms with Crippen molar-refractivity contribution in [3.63, 3.8) is 0 Å². The minimum absolute atomic E-state index is 0.0178. The van der Waals surface area contributed by atoms with Gasteiger partial charge in [0, 0.05) is 18.6 Å². The van der Waals surface area contributed by atoms with Gasteiger partial charge in [0.25, 0.3) is 0 Å². The molecule has 0 aliphatic heterocycles. The Bertz CT molecular complexity index is 982. The van der Waals surface area contributed by atoms with Crippen LogP contribution in [0.3, 0.4) is 0 Å². The normalized spacial score (nSPS) is 10.8. The van der Waals surface area contributed by atoms with Crippen LogP contribution in [-0.4, -0.2) is 23.5 Å². The summed E-state index contributed by atoms with van der Waals surface area (Å²) < 4.78 is 13.1. The lowest BCUT2D eigenvalue weighted by Gasteiger charge is -2.18. The van der Waals surface area contributed by atoms with Crippen molar-refractivity contribution in [2.24, 2.45) is 7.05 Å². The predicted molar refractivity (Wildman–Crippen MR) is 152 cm³/mol. The summed E-state index contributed by atoms with van der Waals surface area (Å²) >= 11 is 6.40. The number of imide groups is 1. The average Bonchev–Trinajstić information content (AvgIpc) is 2.89. The Kier molecular flexibility index (Phi) is 15.5. The summed E-state index contributed by atoms with van der Waals surface area (Å²) in [5, 5.41) is 0.484. The van der Waals surface area contributed by atoms with Gasteiger partial charge in [0.15, 0.2) is 12.4 Å². The van der Waals surface area contributed by atoms with Crippen LogP contribution < -0.4 is 9.30 Å². The maximum atomic E-state index is 12.6. The molecule has 0 aliphatic carbocycles. The number of halogens is 1. The van der Waals surface area contributed by atoms with Gasteiger partial charge in [0.05, 0.1) is 18.2 Å². The van der Waals surface area contributed by atoms with E-state index in [-0.39, 0.29) is 19.1 Å². The van der Waals surface area contributed by atoms with Crippen LogP contribution in [0.5, 0.6) is 5.75 Å². The summed E-state index contributed by atoms with van der Waals surface area (Å²) in [6, 6.07) is 9.09. The fourth-order valence-electron chi connectivity index (χ4n) is 4.33. The van der Waals surface area contributed by atoms with Crippen LogP contribution in [0.2, 0.25) is 5.02 Å². The molecule has 1 heterocycles. The molecule has 0 N–H and O–H groups in total. The third-order valence-electron chi connectivity index (χ3n) is 6.56. The van der Waals surface area contributed by atoms with Crippen LogP contribution in [0.15, 0.2) is 42.7 Å². The summed E-state index contributed by atoms with van der Waals surface area (Å²) in [6.45, 7) is 4.41. The van der Waals surface area contributed by atoms with Gasteiger partial charge >= 0.3 is 6.09 Å². The van der Waals surface area contributed by atoms with Gasteiger partial charge in [-0.15, -0.1) is 0 Å². The van der Waals surface area contributed by atoms with Crippen molar-refractivity contribution in [1.29, 1.82) is 0 Å². The SMILES string of the molecule is CCCCCCCCCCCCCCOc1ccc(COC(=O)N(Cc2ccc[n+](C)c2)C(C)=O)cc1Cl. The molecule has 0 atom stereocenters. The van der Waals surface area contributed by atoms with Crippen LogP contribution in [0.4, 0.5) is 4.79 Å². The van der Waals surface area contributed by atoms with Crippen molar-refractivity contribution in [1.82, 2.24) is 4.90 Å². The number of unbranched alkanes of at least 4 members (excludes halogenated alkanes) is 11. The summed E-state index contributed by atoms with van der Waals surface area (Å²) in [4.78, 5) is 25.7. The highest BCUT2D eigenvalue weighted by Gasteiger charge is 2.21. The minimum Gasteiger partial charge on any atom is -0.492 e. The molecule has 0 fully saturated rings. The molecule has 38 heavy (non-hydrogen) atoms. The second-order valence-electron chi connectivity index (χ2n) is 10.0. The number of amides is 2. The Morgan fingerprint density at radius 3 is 2.11 bits per heavy atom. The van der Waals surface area contributed by atoms with Gasteiger partial charge < -0.3 is 9.47 Å². The average molecular weight is 546 g/mol. The number of hydrogen-bond donors (Lipinski definition) is 0. The molecule has 1 aromatic carbocycles. The van der Waals surface area contributed by atoms with Crippen molar-refractivity contribution in [3.8, 4) is 5.75 Å². The van der Waals surface area contributed by atoms with Crippen LogP contribution >= 0.6 is 11.6 Å². The molecule has 1 aromatic heterocycles. The molecule has 0 radical (unpaired) electrons. The standard InChI is InChI=1S/C31H46ClN2O4/c1-4-5-6-7-8-9-10-11-12-13-14-15-21-37-30-19-18-27(22-29(30)32)25-38-31(36)34(26(2)35)24-28-17-16-20-33(3)23-28/h16-20,22-23H,4-15,21,24-25H2,1-3H3/q+1. The molecule has 210 valence electrons. The van der Waals surface area contributed by atoms with E-state index >= 15 is 0 Å². The van der Waals surface area contributed by atoms with E-state index in [4.69, 9.17) is 21.1 Å². The van der Waals surface area contributed by atoms with Crippen molar-refractivity contribution >= 4 is 23.6 Å². The van der Waals surface area contributed by atoms with E-state index in [0.29, 0.717) is 17.4 Å². The first-order chi connectivity index (χ1) is 18.4. The second-order valence-corrected chi connectivity index (χ2v) is 10.4. The third-order valence-corrected chi connectivity index (χ3v) is 6.85. The van der Waals surface area contributed by atoms with E-state index in [1.165, 1.54) is 71.1 Å². The van der Waals surface area contributed by atoms with Crippen molar-refractivity contribution < 1.29 is 23.6 Å². The van der Waals surface area contributed by atoms with E-state index in [2.05, 4.69) is 6.92 Å². The van der Waals surface area contributed by atoms with Crippen LogP contribution in [-0.2, 0) is 29.7 Å². The number of pyridine rings is 1. The number of carbonyl (C=O) groups excluding carboxylic acids is 2. The molecule has 2 rings (SSSR count). The van der Waals surface area contributed by atoms with Gasteiger partial charge in [0.1, 0.15) is 19.4 Å². The first-order valence-electron chi connectivity index (χ1n) is 14.2. The Balaban J connectivity index is 1.64. The Morgan fingerprint density at radius 1 is 0.895 bits per heavy atom. The van der Waals surface area contributed by atoms with Gasteiger partial charge in [0.2, 0.25) is 5.91 Å². The monoisotopic (exact) mass is 545 g/mol. The highest BCUT2D eigenvalue weighted by molar-refractivity contribution is 6.32. The van der Waals surface area contributed by atoms with E-state index in [1.807, 2.05) is 42.2 Å². The molecule has 0 bridgehead atoms. The van der Waals surface area contributed by atoms with Crippen molar-refractivity contribution in [2.75, 3.05) is 6.61 Å². The number of ether oxygens (including phenoxy) is 2. The smallest absolute Gasteiger partial charge is 0.417 e. The van der Waals surface area contributed by atoms with Crippen molar-refractivity contribution in [3.05, 3.63) is 58.9 Å². The molecule has 0 saturated heterocycles. The van der Waals surface area contributed by atoms with E-state index in [0.717, 1.165) is 28.9 Å². The van der Waals surface area contributed by atoms with E-state index in [9.17, 15) is 9.59 Å². The van der Waals surface area contributed by atoms with Gasteiger partial charge in [-0.05, 0) is 30.2 Å². The van der Waals surface area contributed by atoms with E-state index in [1.54, 1.807) is 12.1 Å². The molecule has 2 aromatic rings. The molecular weight excluding hydrogens is 500 g/mol. The number of benzene rings is 1. The van der Waals surface area contributed by atoms with Crippen LogP contribution in [0.1, 0.15) is 102 Å². The molecular formula is C31H46ClN2O4+. The number of aryl methyl sites for hydroxylation is 1. The van der Waals surface area contributed by atoms with Gasteiger partial charge in [-0.2, -0.15) is 0 Å². The van der Waals surface area contributed by atoms with Crippen LogP contribution in [0, 0.1) is 0 Å². The van der Waals surface area contributed by atoms with Gasteiger partial charge in [-0.3, -0.25) is 4.79 Å². The fourth-order valence-corrected chi connectivity index (χ4v) is 4.59. The predicted octanol–water partition coefficient (Wildman–Crippen LogP) is 7.93. The molecule has 0 spiro atoms. The summed E-state index contributed by atoms with van der Waals surface area (Å²) in [6.07, 6.45) is 18.7. The number of nitrogens with zero attached hydrogens (tertiary/aromatic N) is 2. The van der Waals surface area contributed by atoms with Crippen molar-refractivity contribution in [2.45, 2.75) is 104 Å². The van der Waals surface area contributed by atoms with E-state index < -0.39 is 6.09 Å². The first kappa shape index (κ1) is 31.6. The second kappa shape index (κ2) is 18.6. The third kappa shape index (κ3) is 12.8. The topological polar surface area (TPSA) is 59.7 Å². The maximum Gasteiger partial charge on any atom is 0.417 e. The zero-order valence-corrected chi connectivity index (χ0v) is 24.3. The number of hydrogen-bond acceptors (Lipinski definition) is 4. The molecule has 6 nitrogen and oxygen atoms in total. The lowest BCUT2D eigenvalue weighted by atomic mass is 10.1. The number of aromatic nitrogens is 1. The zero-order valence-electron chi connectivity index (χ0n) is 23.6. The number of rotatable bonds is 18. The quantitative estimate of drug-likeness (QED) is 0.141. The Labute approximate surface area is 234 Å².